The highest BCUT2D eigenvalue weighted by Crippen LogP contribution is 2.41. The predicted octanol–water partition coefficient (Wildman–Crippen LogP) is 6.80. The van der Waals surface area contributed by atoms with E-state index in [1.165, 1.54) is 5.56 Å². The molecule has 1 saturated carbocycles. The lowest BCUT2D eigenvalue weighted by atomic mass is 9.99. The normalized spacial score (nSPS) is 14.0. The summed E-state index contributed by atoms with van der Waals surface area (Å²) in [5.41, 5.74) is 4.86. The van der Waals surface area contributed by atoms with Gasteiger partial charge in [0.05, 0.1) is 6.61 Å². The van der Waals surface area contributed by atoms with Gasteiger partial charge in [-0.25, -0.2) is 0 Å². The molecule has 4 aromatic rings. The van der Waals surface area contributed by atoms with Crippen LogP contribution in [-0.2, 0) is 22.6 Å². The maximum atomic E-state index is 13.3. The summed E-state index contributed by atoms with van der Waals surface area (Å²) in [6, 6.07) is 18.4. The molecule has 0 bridgehead atoms. The fraction of sp³-hybridized carbons (Fsp3) is 0.438. The van der Waals surface area contributed by atoms with Crippen LogP contribution in [0, 0.1) is 19.8 Å². The summed E-state index contributed by atoms with van der Waals surface area (Å²) in [6.45, 7) is 9.40. The molecule has 1 N–H and O–H groups in total. The molecule has 0 aliphatic heterocycles. The molecule has 0 spiro atoms. The molecule has 1 amide bonds. The van der Waals surface area contributed by atoms with Crippen molar-refractivity contribution in [3.8, 4) is 11.5 Å². The van der Waals surface area contributed by atoms with E-state index in [1.807, 2.05) is 50.2 Å². The van der Waals surface area contributed by atoms with Crippen molar-refractivity contribution in [1.29, 1.82) is 0 Å². The Hall–Kier alpha value is -3.78. The van der Waals surface area contributed by atoms with Crippen LogP contribution in [0.1, 0.15) is 79.8 Å². The van der Waals surface area contributed by atoms with Crippen molar-refractivity contribution in [1.82, 2.24) is 19.9 Å². The maximum Gasteiger partial charge on any atom is 0.225 e. The summed E-state index contributed by atoms with van der Waals surface area (Å²) < 4.78 is 13.8. The summed E-state index contributed by atoms with van der Waals surface area (Å²) in [4.78, 5) is 13.3. The van der Waals surface area contributed by atoms with Crippen molar-refractivity contribution in [2.45, 2.75) is 78.4 Å². The summed E-state index contributed by atoms with van der Waals surface area (Å²) >= 11 is 0. The number of nitrogens with one attached hydrogen (secondary N) is 1. The van der Waals surface area contributed by atoms with E-state index < -0.39 is 0 Å². The van der Waals surface area contributed by atoms with E-state index in [2.05, 4.69) is 57.3 Å². The van der Waals surface area contributed by atoms with Gasteiger partial charge in [0.1, 0.15) is 11.6 Å². The first-order valence-corrected chi connectivity index (χ1v) is 14.3. The van der Waals surface area contributed by atoms with Crippen LogP contribution in [0.4, 0.5) is 5.69 Å². The smallest absolute Gasteiger partial charge is 0.225 e. The number of hydrogen-bond acceptors (Lipinski definition) is 6. The van der Waals surface area contributed by atoms with Crippen LogP contribution in [0.5, 0.6) is 0 Å². The van der Waals surface area contributed by atoms with E-state index in [0.29, 0.717) is 43.1 Å². The van der Waals surface area contributed by atoms with Crippen molar-refractivity contribution < 1.29 is 14.1 Å². The third-order valence-corrected chi connectivity index (χ3v) is 7.21. The molecule has 1 aliphatic carbocycles. The summed E-state index contributed by atoms with van der Waals surface area (Å²) in [5, 5.41) is 16.7. The minimum Gasteiger partial charge on any atom is -0.377 e. The van der Waals surface area contributed by atoms with Gasteiger partial charge in [-0.3, -0.25) is 4.79 Å². The maximum absolute atomic E-state index is 13.3. The van der Waals surface area contributed by atoms with Gasteiger partial charge in [0, 0.05) is 43.2 Å². The quantitative estimate of drug-likeness (QED) is 0.187. The predicted molar refractivity (Wildman–Crippen MR) is 155 cm³/mol. The summed E-state index contributed by atoms with van der Waals surface area (Å²) in [5.74, 6) is 2.62. The Labute approximate surface area is 236 Å². The lowest BCUT2D eigenvalue weighted by molar-refractivity contribution is -0.116. The lowest BCUT2D eigenvalue weighted by Gasteiger charge is -2.19. The molecule has 5 rings (SSSR count). The van der Waals surface area contributed by atoms with Crippen molar-refractivity contribution in [3.05, 3.63) is 82.9 Å². The van der Waals surface area contributed by atoms with E-state index in [-0.39, 0.29) is 18.2 Å². The number of ether oxygens (including phenoxy) is 1. The van der Waals surface area contributed by atoms with E-state index in [1.54, 1.807) is 0 Å². The number of carbonyl (C=O) groups excluding carboxylic acids is 1. The molecule has 0 saturated heterocycles. The molecule has 2 heterocycles. The zero-order valence-electron chi connectivity index (χ0n) is 23.9. The Morgan fingerprint density at radius 2 is 1.90 bits per heavy atom. The fourth-order valence-corrected chi connectivity index (χ4v) is 5.06. The SMILES string of the molecule is Cc1ccc(NC(=O)CC(CCOCc2ccccc2)c2nnc(-c3cc(CC(C)C)on3)n2C2CC2)c(C)c1. The first kappa shape index (κ1) is 27.8. The van der Waals surface area contributed by atoms with Gasteiger partial charge in [0.2, 0.25) is 5.91 Å². The van der Waals surface area contributed by atoms with Gasteiger partial charge in [-0.15, -0.1) is 10.2 Å². The number of rotatable bonds is 13. The molecule has 8 nitrogen and oxygen atoms in total. The minimum absolute atomic E-state index is 0.0486. The second-order valence-electron chi connectivity index (χ2n) is 11.4. The van der Waals surface area contributed by atoms with Crippen LogP contribution in [0.15, 0.2) is 59.1 Å². The summed E-state index contributed by atoms with van der Waals surface area (Å²) in [7, 11) is 0. The van der Waals surface area contributed by atoms with E-state index in [9.17, 15) is 4.79 Å². The minimum atomic E-state index is -0.162. The van der Waals surface area contributed by atoms with Crippen molar-refractivity contribution >= 4 is 11.6 Å². The third-order valence-electron chi connectivity index (χ3n) is 7.21. The highest BCUT2D eigenvalue weighted by molar-refractivity contribution is 5.92. The molecule has 1 aliphatic rings. The average molecular weight is 542 g/mol. The molecule has 210 valence electrons. The highest BCUT2D eigenvalue weighted by atomic mass is 16.5. The topological polar surface area (TPSA) is 95.1 Å². The standard InChI is InChI=1S/C32H39N5O3/c1-21(2)16-27-19-29(36-40-27)32-35-34-31(37(32)26-11-12-26)25(14-15-39-20-24-8-6-5-7-9-24)18-30(38)33-28-13-10-22(3)17-23(28)4/h5-10,13,17,19,21,25-26H,11-12,14-16,18,20H2,1-4H3,(H,33,38). The molecule has 1 fully saturated rings. The Balaban J connectivity index is 1.37. The van der Waals surface area contributed by atoms with Crippen molar-refractivity contribution in [3.63, 3.8) is 0 Å². The van der Waals surface area contributed by atoms with Gasteiger partial charge >= 0.3 is 0 Å². The first-order chi connectivity index (χ1) is 19.4. The van der Waals surface area contributed by atoms with Crippen LogP contribution >= 0.6 is 0 Å². The number of amides is 1. The van der Waals surface area contributed by atoms with Gasteiger partial charge in [0.25, 0.3) is 0 Å². The van der Waals surface area contributed by atoms with Crippen LogP contribution < -0.4 is 5.32 Å². The van der Waals surface area contributed by atoms with Crippen LogP contribution in [0.25, 0.3) is 11.5 Å². The molecule has 40 heavy (non-hydrogen) atoms. The molecular formula is C32H39N5O3. The Morgan fingerprint density at radius 1 is 1.10 bits per heavy atom. The van der Waals surface area contributed by atoms with Gasteiger partial charge in [-0.05, 0) is 56.2 Å². The zero-order chi connectivity index (χ0) is 28.1. The molecular weight excluding hydrogens is 502 g/mol. The third kappa shape index (κ3) is 7.04. The van der Waals surface area contributed by atoms with Gasteiger partial charge in [-0.1, -0.05) is 67.0 Å². The average Bonchev–Trinajstić information content (AvgIpc) is 3.50. The van der Waals surface area contributed by atoms with E-state index in [4.69, 9.17) is 9.26 Å². The molecule has 0 radical (unpaired) electrons. The number of nitrogens with zero attached hydrogens (tertiary/aromatic N) is 4. The van der Waals surface area contributed by atoms with E-state index in [0.717, 1.165) is 47.7 Å². The molecule has 8 heteroatoms. The number of carbonyl (C=O) groups is 1. The van der Waals surface area contributed by atoms with Crippen LogP contribution in [-0.4, -0.2) is 32.4 Å². The number of benzene rings is 2. The number of aromatic nitrogens is 4. The number of anilines is 1. The Kier molecular flexibility index (Phi) is 8.75. The molecule has 1 atom stereocenters. The van der Waals surface area contributed by atoms with E-state index >= 15 is 0 Å². The van der Waals surface area contributed by atoms with Gasteiger partial charge < -0.3 is 19.1 Å². The first-order valence-electron chi connectivity index (χ1n) is 14.3. The molecule has 2 aromatic heterocycles. The highest BCUT2D eigenvalue weighted by Gasteiger charge is 2.34. The van der Waals surface area contributed by atoms with Crippen LogP contribution in [0.2, 0.25) is 0 Å². The second kappa shape index (κ2) is 12.6. The Morgan fingerprint density at radius 3 is 2.62 bits per heavy atom. The number of hydrogen-bond donors (Lipinski definition) is 1. The van der Waals surface area contributed by atoms with Crippen molar-refractivity contribution in [2.75, 3.05) is 11.9 Å². The fourth-order valence-electron chi connectivity index (χ4n) is 5.06. The van der Waals surface area contributed by atoms with Crippen molar-refractivity contribution in [2.24, 2.45) is 5.92 Å². The van der Waals surface area contributed by atoms with Crippen LogP contribution in [0.3, 0.4) is 0 Å². The molecule has 2 aromatic carbocycles. The lowest BCUT2D eigenvalue weighted by Crippen LogP contribution is -2.20. The zero-order valence-corrected chi connectivity index (χ0v) is 23.9. The summed E-state index contributed by atoms with van der Waals surface area (Å²) in [6.07, 6.45) is 3.86. The Bertz CT molecular complexity index is 1420. The number of aryl methyl sites for hydroxylation is 2. The van der Waals surface area contributed by atoms with Gasteiger partial charge in [0.15, 0.2) is 11.5 Å². The molecule has 1 unspecified atom stereocenters. The monoisotopic (exact) mass is 541 g/mol. The van der Waals surface area contributed by atoms with Gasteiger partial charge in [-0.2, -0.15) is 0 Å². The second-order valence-corrected chi connectivity index (χ2v) is 11.4. The largest absolute Gasteiger partial charge is 0.377 e.